The minimum Gasteiger partial charge on any atom is -0.381 e. The number of aryl methyl sites for hydroxylation is 1. The molecule has 0 radical (unpaired) electrons. The number of para-hydroxylation sites is 1. The molecule has 0 aliphatic rings. The largest absolute Gasteiger partial charge is 0.419 e. The van der Waals surface area contributed by atoms with Crippen LogP contribution in [0.5, 0.6) is 5.19 Å². The van der Waals surface area contributed by atoms with E-state index in [0.29, 0.717) is 10.9 Å². The van der Waals surface area contributed by atoms with Crippen molar-refractivity contribution in [3.8, 4) is 5.19 Å². The number of anilines is 1. The zero-order valence-electron chi connectivity index (χ0n) is 8.64. The van der Waals surface area contributed by atoms with E-state index in [1.807, 2.05) is 30.5 Å². The molecule has 1 amide bonds. The molecular formula is C11H10N2O2S. The lowest BCUT2D eigenvalue weighted by Gasteiger charge is -2.03. The molecule has 0 saturated heterocycles. The van der Waals surface area contributed by atoms with Gasteiger partial charge in [-0.15, -0.1) is 0 Å². The molecule has 0 aliphatic heterocycles. The number of carbonyl (C=O) groups is 1. The highest BCUT2D eigenvalue weighted by atomic mass is 32.1. The van der Waals surface area contributed by atoms with Gasteiger partial charge in [-0.25, -0.2) is 9.78 Å². The lowest BCUT2D eigenvalue weighted by molar-refractivity contribution is 0.215. The normalized spacial score (nSPS) is 9.81. The standard InChI is InChI=1S/C11H10N2O2S/c1-8-7-16-11(12-8)15-10(14)13-9-5-3-2-4-6-9/h2-7H,1H3,(H,13,14). The first kappa shape index (κ1) is 10.6. The van der Waals surface area contributed by atoms with E-state index in [2.05, 4.69) is 10.3 Å². The maximum absolute atomic E-state index is 11.4. The fourth-order valence-electron chi connectivity index (χ4n) is 1.12. The average molecular weight is 234 g/mol. The summed E-state index contributed by atoms with van der Waals surface area (Å²) >= 11 is 1.29. The Bertz CT molecular complexity index is 482. The summed E-state index contributed by atoms with van der Waals surface area (Å²) < 4.78 is 5.00. The predicted molar refractivity (Wildman–Crippen MR) is 62.9 cm³/mol. The second-order valence-electron chi connectivity index (χ2n) is 3.14. The highest BCUT2D eigenvalue weighted by Crippen LogP contribution is 2.17. The molecular weight excluding hydrogens is 224 g/mol. The number of nitrogens with one attached hydrogen (secondary N) is 1. The molecule has 0 spiro atoms. The molecule has 2 aromatic rings. The molecule has 0 aliphatic carbocycles. The number of rotatable bonds is 2. The molecule has 0 fully saturated rings. The fraction of sp³-hybridized carbons (Fsp3) is 0.0909. The average Bonchev–Trinajstić information content (AvgIpc) is 2.65. The summed E-state index contributed by atoms with van der Waals surface area (Å²) in [6.45, 7) is 1.85. The summed E-state index contributed by atoms with van der Waals surface area (Å²) in [7, 11) is 0. The molecule has 1 heterocycles. The second kappa shape index (κ2) is 4.76. The summed E-state index contributed by atoms with van der Waals surface area (Å²) in [5.41, 5.74) is 1.54. The third kappa shape index (κ3) is 2.80. The van der Waals surface area contributed by atoms with Crippen molar-refractivity contribution in [1.29, 1.82) is 0 Å². The van der Waals surface area contributed by atoms with E-state index in [-0.39, 0.29) is 0 Å². The van der Waals surface area contributed by atoms with Crippen LogP contribution < -0.4 is 10.1 Å². The van der Waals surface area contributed by atoms with Gasteiger partial charge in [-0.3, -0.25) is 5.32 Å². The molecule has 16 heavy (non-hydrogen) atoms. The van der Waals surface area contributed by atoms with Crippen molar-refractivity contribution in [2.75, 3.05) is 5.32 Å². The minimum atomic E-state index is -0.527. The van der Waals surface area contributed by atoms with Crippen molar-refractivity contribution in [1.82, 2.24) is 4.98 Å². The van der Waals surface area contributed by atoms with E-state index in [4.69, 9.17) is 4.74 Å². The molecule has 0 unspecified atom stereocenters. The maximum atomic E-state index is 11.4. The Balaban J connectivity index is 1.95. The highest BCUT2D eigenvalue weighted by Gasteiger charge is 2.07. The van der Waals surface area contributed by atoms with E-state index in [1.54, 1.807) is 12.1 Å². The Labute approximate surface area is 96.9 Å². The molecule has 2 rings (SSSR count). The van der Waals surface area contributed by atoms with Gasteiger partial charge in [0.2, 0.25) is 0 Å². The first-order chi connectivity index (χ1) is 7.74. The SMILES string of the molecule is Cc1csc(OC(=O)Nc2ccccc2)n1. The number of aromatic nitrogens is 1. The third-order valence-corrected chi connectivity index (χ3v) is 2.63. The van der Waals surface area contributed by atoms with Gasteiger partial charge >= 0.3 is 6.09 Å². The van der Waals surface area contributed by atoms with Crippen LogP contribution in [-0.2, 0) is 0 Å². The maximum Gasteiger partial charge on any atom is 0.419 e. The molecule has 0 saturated carbocycles. The van der Waals surface area contributed by atoms with Gasteiger partial charge in [-0.05, 0) is 19.1 Å². The summed E-state index contributed by atoms with van der Waals surface area (Å²) in [4.78, 5) is 15.5. The van der Waals surface area contributed by atoms with Crippen LogP contribution in [0, 0.1) is 6.92 Å². The van der Waals surface area contributed by atoms with Gasteiger partial charge in [-0.1, -0.05) is 29.5 Å². The number of benzene rings is 1. The first-order valence-corrected chi connectivity index (χ1v) is 5.58. The Morgan fingerprint density at radius 2 is 2.12 bits per heavy atom. The van der Waals surface area contributed by atoms with Crippen LogP contribution in [0.3, 0.4) is 0 Å². The molecule has 1 aromatic heterocycles. The topological polar surface area (TPSA) is 51.2 Å². The van der Waals surface area contributed by atoms with Gasteiger partial charge in [0.25, 0.3) is 5.19 Å². The van der Waals surface area contributed by atoms with Crippen molar-refractivity contribution in [3.05, 3.63) is 41.4 Å². The summed E-state index contributed by atoms with van der Waals surface area (Å²) in [6.07, 6.45) is -0.527. The third-order valence-electron chi connectivity index (χ3n) is 1.80. The van der Waals surface area contributed by atoms with Crippen LogP contribution in [0.1, 0.15) is 5.69 Å². The van der Waals surface area contributed by atoms with Crippen LogP contribution in [-0.4, -0.2) is 11.1 Å². The Morgan fingerprint density at radius 1 is 1.38 bits per heavy atom. The Morgan fingerprint density at radius 3 is 2.75 bits per heavy atom. The minimum absolute atomic E-state index is 0.353. The van der Waals surface area contributed by atoms with Gasteiger partial charge in [-0.2, -0.15) is 0 Å². The molecule has 1 aromatic carbocycles. The van der Waals surface area contributed by atoms with E-state index in [9.17, 15) is 4.79 Å². The van der Waals surface area contributed by atoms with Gasteiger partial charge in [0.05, 0.1) is 5.69 Å². The zero-order chi connectivity index (χ0) is 11.4. The van der Waals surface area contributed by atoms with Crippen molar-refractivity contribution >= 4 is 23.1 Å². The van der Waals surface area contributed by atoms with Crippen molar-refractivity contribution in [3.63, 3.8) is 0 Å². The van der Waals surface area contributed by atoms with Crippen LogP contribution in [0.4, 0.5) is 10.5 Å². The van der Waals surface area contributed by atoms with E-state index in [1.165, 1.54) is 11.3 Å². The molecule has 0 bridgehead atoms. The summed E-state index contributed by atoms with van der Waals surface area (Å²) in [5, 5.41) is 4.78. The number of amides is 1. The number of carbonyl (C=O) groups excluding carboxylic acids is 1. The highest BCUT2D eigenvalue weighted by molar-refractivity contribution is 7.11. The number of thiazole rings is 1. The van der Waals surface area contributed by atoms with Gasteiger partial charge in [0, 0.05) is 11.1 Å². The monoisotopic (exact) mass is 234 g/mol. The van der Waals surface area contributed by atoms with Gasteiger partial charge in [0.1, 0.15) is 0 Å². The fourth-order valence-corrected chi connectivity index (χ4v) is 1.77. The van der Waals surface area contributed by atoms with Crippen LogP contribution in [0.25, 0.3) is 0 Å². The number of hydrogen-bond acceptors (Lipinski definition) is 4. The van der Waals surface area contributed by atoms with E-state index in [0.717, 1.165) is 5.69 Å². The molecule has 82 valence electrons. The zero-order valence-corrected chi connectivity index (χ0v) is 9.45. The molecule has 0 atom stereocenters. The van der Waals surface area contributed by atoms with Gasteiger partial charge < -0.3 is 4.74 Å². The van der Waals surface area contributed by atoms with Crippen molar-refractivity contribution in [2.24, 2.45) is 0 Å². The molecule has 1 N–H and O–H groups in total. The number of ether oxygens (including phenoxy) is 1. The van der Waals surface area contributed by atoms with E-state index < -0.39 is 6.09 Å². The smallest absolute Gasteiger partial charge is 0.381 e. The number of nitrogens with zero attached hydrogens (tertiary/aromatic N) is 1. The first-order valence-electron chi connectivity index (χ1n) is 4.70. The van der Waals surface area contributed by atoms with Crippen LogP contribution in [0.15, 0.2) is 35.7 Å². The predicted octanol–water partition coefficient (Wildman–Crippen LogP) is 3.06. The van der Waals surface area contributed by atoms with Crippen LogP contribution >= 0.6 is 11.3 Å². The van der Waals surface area contributed by atoms with Crippen molar-refractivity contribution < 1.29 is 9.53 Å². The Kier molecular flexibility index (Phi) is 3.16. The van der Waals surface area contributed by atoms with Crippen LogP contribution in [0.2, 0.25) is 0 Å². The Hall–Kier alpha value is -1.88. The summed E-state index contributed by atoms with van der Waals surface area (Å²) in [6, 6.07) is 9.12. The molecule has 4 nitrogen and oxygen atoms in total. The van der Waals surface area contributed by atoms with Crippen molar-refractivity contribution in [2.45, 2.75) is 6.92 Å². The van der Waals surface area contributed by atoms with Gasteiger partial charge in [0.15, 0.2) is 0 Å². The van der Waals surface area contributed by atoms with E-state index >= 15 is 0 Å². The lowest BCUT2D eigenvalue weighted by Crippen LogP contribution is -2.16. The summed E-state index contributed by atoms with van der Waals surface area (Å²) in [5.74, 6) is 0. The second-order valence-corrected chi connectivity index (χ2v) is 3.96. The quantitative estimate of drug-likeness (QED) is 0.868. The molecule has 5 heteroatoms. The lowest BCUT2D eigenvalue weighted by atomic mass is 10.3. The number of hydrogen-bond donors (Lipinski definition) is 1.